The normalized spacial score (nSPS) is 11.0. The van der Waals surface area contributed by atoms with Crippen molar-refractivity contribution in [2.24, 2.45) is 0 Å². The maximum Gasteiger partial charge on any atom is 0.146 e. The van der Waals surface area contributed by atoms with Gasteiger partial charge in [0.05, 0.1) is 9.50 Å². The predicted molar refractivity (Wildman–Crippen MR) is 87.6 cm³/mol. The summed E-state index contributed by atoms with van der Waals surface area (Å²) in [5.74, 6) is 0.735. The van der Waals surface area contributed by atoms with Gasteiger partial charge in [-0.1, -0.05) is 31.5 Å². The van der Waals surface area contributed by atoms with Gasteiger partial charge in [0, 0.05) is 12.6 Å². The van der Waals surface area contributed by atoms with Gasteiger partial charge < -0.3 is 10.1 Å². The number of hydrogen-bond acceptors (Lipinski definition) is 2. The van der Waals surface area contributed by atoms with Gasteiger partial charge in [0.15, 0.2) is 0 Å². The van der Waals surface area contributed by atoms with Crippen molar-refractivity contribution in [3.63, 3.8) is 0 Å². The Hall–Kier alpha value is -1.10. The van der Waals surface area contributed by atoms with Crippen LogP contribution in [0.3, 0.4) is 0 Å². The Labute approximate surface area is 137 Å². The van der Waals surface area contributed by atoms with Crippen LogP contribution in [-0.2, 0) is 6.54 Å². The highest BCUT2D eigenvalue weighted by molar-refractivity contribution is 9.10. The molecule has 0 aromatic heterocycles. The lowest BCUT2D eigenvalue weighted by Crippen LogP contribution is -2.21. The number of nitrogens with one attached hydrogen (secondary N) is 1. The van der Waals surface area contributed by atoms with Crippen LogP contribution in [0.15, 0.2) is 40.9 Å². The highest BCUT2D eigenvalue weighted by Gasteiger charge is 2.08. The second kappa shape index (κ2) is 7.25. The van der Waals surface area contributed by atoms with E-state index in [1.165, 1.54) is 12.1 Å². The zero-order valence-electron chi connectivity index (χ0n) is 11.8. The molecule has 2 aromatic carbocycles. The zero-order chi connectivity index (χ0) is 15.4. The zero-order valence-corrected chi connectivity index (χ0v) is 14.1. The molecule has 1 N–H and O–H groups in total. The molecule has 2 aromatic rings. The average molecular weight is 373 g/mol. The van der Waals surface area contributed by atoms with E-state index in [1.807, 2.05) is 18.2 Å². The van der Waals surface area contributed by atoms with E-state index >= 15 is 0 Å². The molecular weight excluding hydrogens is 357 g/mol. The molecule has 0 aliphatic carbocycles. The fourth-order valence-corrected chi connectivity index (χ4v) is 2.41. The van der Waals surface area contributed by atoms with Crippen molar-refractivity contribution in [1.29, 1.82) is 0 Å². The smallest absolute Gasteiger partial charge is 0.146 e. The van der Waals surface area contributed by atoms with Gasteiger partial charge in [0.25, 0.3) is 0 Å². The molecule has 0 aliphatic rings. The van der Waals surface area contributed by atoms with Crippen LogP contribution in [0.25, 0.3) is 0 Å². The molecular formula is C16H16BrClFNO. The second-order valence-corrected chi connectivity index (χ2v) is 6.24. The molecule has 2 nitrogen and oxygen atoms in total. The highest BCUT2D eigenvalue weighted by atomic mass is 79.9. The molecule has 0 fully saturated rings. The van der Waals surface area contributed by atoms with Crippen molar-refractivity contribution in [2.45, 2.75) is 26.4 Å². The minimum atomic E-state index is -0.324. The molecule has 0 amide bonds. The van der Waals surface area contributed by atoms with Crippen LogP contribution >= 0.6 is 27.5 Å². The van der Waals surface area contributed by atoms with Gasteiger partial charge in [-0.25, -0.2) is 4.39 Å². The molecule has 0 spiro atoms. The Morgan fingerprint density at radius 3 is 2.52 bits per heavy atom. The molecule has 2 rings (SSSR count). The van der Waals surface area contributed by atoms with Crippen molar-refractivity contribution in [3.8, 4) is 11.5 Å². The summed E-state index contributed by atoms with van der Waals surface area (Å²) >= 11 is 9.50. The summed E-state index contributed by atoms with van der Waals surface area (Å²) in [6.07, 6.45) is 0. The maximum atomic E-state index is 13.0. The van der Waals surface area contributed by atoms with Crippen LogP contribution in [0.4, 0.5) is 4.39 Å². The van der Waals surface area contributed by atoms with Gasteiger partial charge in [-0.2, -0.15) is 0 Å². The monoisotopic (exact) mass is 371 g/mol. The van der Waals surface area contributed by atoms with E-state index in [2.05, 4.69) is 35.1 Å². The third-order valence-corrected chi connectivity index (χ3v) is 3.74. The Morgan fingerprint density at radius 1 is 1.19 bits per heavy atom. The van der Waals surface area contributed by atoms with Crippen LogP contribution in [0, 0.1) is 5.82 Å². The Balaban J connectivity index is 2.13. The number of ether oxygens (including phenoxy) is 1. The fourth-order valence-electron chi connectivity index (χ4n) is 1.74. The lowest BCUT2D eigenvalue weighted by molar-refractivity contribution is 0.477. The van der Waals surface area contributed by atoms with E-state index < -0.39 is 0 Å². The molecule has 112 valence electrons. The summed E-state index contributed by atoms with van der Waals surface area (Å²) in [4.78, 5) is 0. The average Bonchev–Trinajstić information content (AvgIpc) is 2.42. The highest BCUT2D eigenvalue weighted by Crippen LogP contribution is 2.34. The topological polar surface area (TPSA) is 21.3 Å². The first-order valence-electron chi connectivity index (χ1n) is 6.60. The first-order chi connectivity index (χ1) is 9.95. The van der Waals surface area contributed by atoms with Crippen LogP contribution in [-0.4, -0.2) is 6.04 Å². The standard InChI is InChI=1S/C16H16BrClFNO/c1-10(2)20-9-11-3-5-16(14(18)7-11)21-15-6-4-12(19)8-13(15)17/h3-8,10,20H,9H2,1-2H3. The van der Waals surface area contributed by atoms with Gasteiger partial charge in [0.1, 0.15) is 17.3 Å². The minimum absolute atomic E-state index is 0.324. The predicted octanol–water partition coefficient (Wildman–Crippen LogP) is 5.53. The lowest BCUT2D eigenvalue weighted by Gasteiger charge is -2.12. The largest absolute Gasteiger partial charge is 0.455 e. The molecule has 0 heterocycles. The third kappa shape index (κ3) is 4.70. The Kier molecular flexibility index (Phi) is 5.62. The molecule has 0 saturated heterocycles. The second-order valence-electron chi connectivity index (χ2n) is 4.98. The van der Waals surface area contributed by atoms with Crippen molar-refractivity contribution in [2.75, 3.05) is 0 Å². The third-order valence-electron chi connectivity index (χ3n) is 2.82. The molecule has 0 bridgehead atoms. The number of hydrogen-bond donors (Lipinski definition) is 1. The van der Waals surface area contributed by atoms with E-state index in [-0.39, 0.29) is 5.82 Å². The Bertz CT molecular complexity index is 634. The lowest BCUT2D eigenvalue weighted by atomic mass is 10.2. The number of benzene rings is 2. The number of rotatable bonds is 5. The van der Waals surface area contributed by atoms with Crippen LogP contribution in [0.2, 0.25) is 5.02 Å². The summed E-state index contributed by atoms with van der Waals surface area (Å²) in [5, 5.41) is 3.85. The van der Waals surface area contributed by atoms with E-state index in [4.69, 9.17) is 16.3 Å². The van der Waals surface area contributed by atoms with Crippen LogP contribution in [0.5, 0.6) is 11.5 Å². The molecule has 21 heavy (non-hydrogen) atoms. The number of halogens is 3. The van der Waals surface area contributed by atoms with Crippen molar-refractivity contribution in [3.05, 3.63) is 57.3 Å². The van der Waals surface area contributed by atoms with E-state index in [9.17, 15) is 4.39 Å². The quantitative estimate of drug-likeness (QED) is 0.745. The molecule has 0 unspecified atom stereocenters. The molecule has 0 saturated carbocycles. The first-order valence-corrected chi connectivity index (χ1v) is 7.77. The molecule has 0 atom stereocenters. The summed E-state index contributed by atoms with van der Waals surface area (Å²) in [7, 11) is 0. The van der Waals surface area contributed by atoms with Crippen LogP contribution in [0.1, 0.15) is 19.4 Å². The van der Waals surface area contributed by atoms with E-state index in [1.54, 1.807) is 6.07 Å². The maximum absolute atomic E-state index is 13.0. The van der Waals surface area contributed by atoms with Gasteiger partial charge in [-0.05, 0) is 51.8 Å². The van der Waals surface area contributed by atoms with Crippen molar-refractivity contribution < 1.29 is 9.13 Å². The van der Waals surface area contributed by atoms with E-state index in [0.29, 0.717) is 27.0 Å². The van der Waals surface area contributed by atoms with Gasteiger partial charge >= 0.3 is 0 Å². The molecule has 5 heteroatoms. The summed E-state index contributed by atoms with van der Waals surface area (Å²) in [6, 6.07) is 10.3. The van der Waals surface area contributed by atoms with Crippen LogP contribution < -0.4 is 10.1 Å². The summed E-state index contributed by atoms with van der Waals surface area (Å²) in [5.41, 5.74) is 1.08. The van der Waals surface area contributed by atoms with Gasteiger partial charge in [0.2, 0.25) is 0 Å². The summed E-state index contributed by atoms with van der Waals surface area (Å²) < 4.78 is 19.3. The minimum Gasteiger partial charge on any atom is -0.455 e. The summed E-state index contributed by atoms with van der Waals surface area (Å²) in [6.45, 7) is 4.92. The molecule has 0 aliphatic heterocycles. The van der Waals surface area contributed by atoms with Gasteiger partial charge in [-0.15, -0.1) is 0 Å². The Morgan fingerprint density at radius 2 is 1.90 bits per heavy atom. The van der Waals surface area contributed by atoms with Crippen molar-refractivity contribution in [1.82, 2.24) is 5.32 Å². The first kappa shape index (κ1) is 16.3. The van der Waals surface area contributed by atoms with Gasteiger partial charge in [-0.3, -0.25) is 0 Å². The molecule has 0 radical (unpaired) electrons. The van der Waals surface area contributed by atoms with Crippen molar-refractivity contribution >= 4 is 27.5 Å². The SMILES string of the molecule is CC(C)NCc1ccc(Oc2ccc(F)cc2Br)c(Cl)c1. The van der Waals surface area contributed by atoms with E-state index in [0.717, 1.165) is 12.1 Å². The fraction of sp³-hybridized carbons (Fsp3) is 0.250.